The fourth-order valence-electron chi connectivity index (χ4n) is 2.15. The fraction of sp³-hybridized carbons (Fsp3) is 0.467. The summed E-state index contributed by atoms with van der Waals surface area (Å²) in [4.78, 5) is 7.92. The van der Waals surface area contributed by atoms with E-state index in [-0.39, 0.29) is 12.4 Å². The first-order valence-corrected chi connectivity index (χ1v) is 7.03. The van der Waals surface area contributed by atoms with E-state index in [1.165, 1.54) is 0 Å². The molecule has 1 aromatic carbocycles. The highest BCUT2D eigenvalue weighted by Gasteiger charge is 2.14. The van der Waals surface area contributed by atoms with Crippen molar-refractivity contribution in [3.63, 3.8) is 0 Å². The maximum atomic E-state index is 5.49. The first kappa shape index (κ1) is 16.8. The Labute approximate surface area is 127 Å². The van der Waals surface area contributed by atoms with E-state index >= 15 is 0 Å². The first-order valence-electron chi connectivity index (χ1n) is 7.03. The molecule has 0 radical (unpaired) electrons. The molecule has 0 atom stereocenters. The minimum Gasteiger partial charge on any atom is -0.392 e. The van der Waals surface area contributed by atoms with Crippen molar-refractivity contribution in [2.24, 2.45) is 0 Å². The molecule has 0 aliphatic carbocycles. The van der Waals surface area contributed by atoms with Gasteiger partial charge in [-0.25, -0.2) is 5.01 Å². The zero-order valence-electron chi connectivity index (χ0n) is 12.2. The Kier molecular flexibility index (Phi) is 7.44. The van der Waals surface area contributed by atoms with Crippen molar-refractivity contribution in [2.75, 3.05) is 24.6 Å². The number of hydrogen-bond donors (Lipinski definition) is 1. The van der Waals surface area contributed by atoms with Crippen molar-refractivity contribution in [1.29, 1.82) is 0 Å². The van der Waals surface area contributed by atoms with Gasteiger partial charge in [0.05, 0.1) is 11.9 Å². The van der Waals surface area contributed by atoms with E-state index in [4.69, 9.17) is 4.84 Å². The predicted octanol–water partition coefficient (Wildman–Crippen LogP) is 3.33. The summed E-state index contributed by atoms with van der Waals surface area (Å²) in [5, 5.41) is 1.91. The summed E-state index contributed by atoms with van der Waals surface area (Å²) in [6, 6.07) is 10.1. The van der Waals surface area contributed by atoms with Crippen molar-refractivity contribution in [3.05, 3.63) is 42.3 Å². The Morgan fingerprint density at radius 1 is 1.15 bits per heavy atom. The smallest absolute Gasteiger partial charge is 0.144 e. The van der Waals surface area contributed by atoms with Crippen LogP contribution in [0.15, 0.2) is 42.3 Å². The van der Waals surface area contributed by atoms with Gasteiger partial charge in [-0.2, -0.15) is 0 Å². The van der Waals surface area contributed by atoms with Crippen molar-refractivity contribution in [2.45, 2.75) is 26.7 Å². The van der Waals surface area contributed by atoms with Crippen LogP contribution in [-0.4, -0.2) is 24.5 Å². The number of para-hydroxylation sites is 1. The second-order valence-corrected chi connectivity index (χ2v) is 4.62. The second-order valence-electron chi connectivity index (χ2n) is 4.62. The molecule has 112 valence electrons. The van der Waals surface area contributed by atoms with Gasteiger partial charge in [-0.05, 0) is 38.2 Å². The van der Waals surface area contributed by atoms with E-state index in [1.807, 2.05) is 41.5 Å². The van der Waals surface area contributed by atoms with Gasteiger partial charge in [0.25, 0.3) is 0 Å². The topological polar surface area (TPSA) is 27.7 Å². The van der Waals surface area contributed by atoms with Crippen LogP contribution >= 0.6 is 12.4 Å². The lowest BCUT2D eigenvalue weighted by atomic mass is 10.2. The molecule has 1 N–H and O–H groups in total. The van der Waals surface area contributed by atoms with Gasteiger partial charge in [0.15, 0.2) is 0 Å². The van der Waals surface area contributed by atoms with Gasteiger partial charge in [-0.15, -0.1) is 12.4 Å². The molecule has 0 unspecified atom stereocenters. The van der Waals surface area contributed by atoms with Crippen LogP contribution in [0.25, 0.3) is 0 Å². The van der Waals surface area contributed by atoms with Crippen LogP contribution in [0, 0.1) is 0 Å². The van der Waals surface area contributed by atoms with E-state index in [0.29, 0.717) is 0 Å². The minimum absolute atomic E-state index is 0. The molecule has 1 aliphatic rings. The zero-order chi connectivity index (χ0) is 13.5. The average molecular weight is 298 g/mol. The molecule has 0 fully saturated rings. The standard InChI is InChI=1S/C15H23N3O.ClH/c1-3-17(4-2)12-8-11-15-13-18(16-19-15)14-9-6-5-7-10-14;/h5-7,9-10,13,16H,3-4,8,11-12H2,1-2H3;1H. The lowest BCUT2D eigenvalue weighted by Gasteiger charge is -2.17. The summed E-state index contributed by atoms with van der Waals surface area (Å²) < 4.78 is 0. The SMILES string of the molecule is CCN(CC)CCCC1=CN(c2ccccc2)NO1.Cl. The quantitative estimate of drug-likeness (QED) is 0.835. The number of nitrogens with zero attached hydrogens (tertiary/aromatic N) is 2. The molecule has 1 aliphatic heterocycles. The lowest BCUT2D eigenvalue weighted by Crippen LogP contribution is -2.26. The van der Waals surface area contributed by atoms with Crippen LogP contribution in [0.4, 0.5) is 5.69 Å². The number of hydrogen-bond acceptors (Lipinski definition) is 4. The number of benzene rings is 1. The number of allylic oxidation sites excluding steroid dienone is 1. The van der Waals surface area contributed by atoms with Crippen molar-refractivity contribution in [1.82, 2.24) is 10.5 Å². The Morgan fingerprint density at radius 3 is 2.50 bits per heavy atom. The average Bonchev–Trinajstić information content (AvgIpc) is 2.93. The van der Waals surface area contributed by atoms with Gasteiger partial charge >= 0.3 is 0 Å². The molecule has 0 saturated carbocycles. The Morgan fingerprint density at radius 2 is 1.85 bits per heavy atom. The van der Waals surface area contributed by atoms with Gasteiger partial charge in [-0.3, -0.25) is 0 Å². The van der Waals surface area contributed by atoms with E-state index in [2.05, 4.69) is 24.3 Å². The van der Waals surface area contributed by atoms with E-state index in [9.17, 15) is 0 Å². The monoisotopic (exact) mass is 297 g/mol. The Balaban J connectivity index is 0.00000200. The van der Waals surface area contributed by atoms with Crippen molar-refractivity contribution < 1.29 is 4.84 Å². The summed E-state index contributed by atoms with van der Waals surface area (Å²) in [5.74, 6) is 0.996. The Hall–Kier alpha value is -1.23. The van der Waals surface area contributed by atoms with Gasteiger partial charge in [0.2, 0.25) is 0 Å². The van der Waals surface area contributed by atoms with Crippen LogP contribution in [-0.2, 0) is 4.84 Å². The number of nitrogens with one attached hydrogen (secondary N) is 1. The van der Waals surface area contributed by atoms with Gasteiger partial charge in [0, 0.05) is 6.42 Å². The maximum absolute atomic E-state index is 5.49. The van der Waals surface area contributed by atoms with E-state index in [1.54, 1.807) is 0 Å². The molecule has 2 rings (SSSR count). The maximum Gasteiger partial charge on any atom is 0.144 e. The van der Waals surface area contributed by atoms with Gasteiger partial charge in [0.1, 0.15) is 5.76 Å². The third-order valence-corrected chi connectivity index (χ3v) is 3.37. The first-order chi connectivity index (χ1) is 9.33. The Bertz CT molecular complexity index is 407. The molecule has 1 aromatic rings. The van der Waals surface area contributed by atoms with E-state index in [0.717, 1.165) is 43.9 Å². The largest absolute Gasteiger partial charge is 0.392 e. The number of halogens is 1. The number of hydrazine groups is 1. The summed E-state index contributed by atoms with van der Waals surface area (Å²) in [5.41, 5.74) is 4.00. The third-order valence-electron chi connectivity index (χ3n) is 3.37. The summed E-state index contributed by atoms with van der Waals surface area (Å²) in [6.07, 6.45) is 4.11. The molecular weight excluding hydrogens is 274 g/mol. The van der Waals surface area contributed by atoms with Gasteiger partial charge < -0.3 is 9.74 Å². The molecule has 0 bridgehead atoms. The molecule has 0 saturated heterocycles. The number of anilines is 1. The number of rotatable bonds is 7. The van der Waals surface area contributed by atoms with Gasteiger partial charge in [-0.1, -0.05) is 37.6 Å². The highest BCUT2D eigenvalue weighted by atomic mass is 35.5. The normalized spacial score (nSPS) is 13.9. The third kappa shape index (κ3) is 4.71. The molecular formula is C15H24ClN3O. The van der Waals surface area contributed by atoms with Crippen LogP contribution in [0.5, 0.6) is 0 Å². The van der Waals surface area contributed by atoms with Crippen LogP contribution in [0.2, 0.25) is 0 Å². The molecule has 0 aromatic heterocycles. The van der Waals surface area contributed by atoms with Crippen LogP contribution < -0.4 is 10.6 Å². The van der Waals surface area contributed by atoms with Crippen molar-refractivity contribution >= 4 is 18.1 Å². The molecule has 0 spiro atoms. The molecule has 4 nitrogen and oxygen atoms in total. The molecule has 1 heterocycles. The molecule has 5 heteroatoms. The van der Waals surface area contributed by atoms with Crippen LogP contribution in [0.1, 0.15) is 26.7 Å². The summed E-state index contributed by atoms with van der Waals surface area (Å²) in [7, 11) is 0. The highest BCUT2D eigenvalue weighted by Crippen LogP contribution is 2.19. The van der Waals surface area contributed by atoms with Crippen molar-refractivity contribution in [3.8, 4) is 0 Å². The predicted molar refractivity (Wildman–Crippen MR) is 85.5 cm³/mol. The lowest BCUT2D eigenvalue weighted by molar-refractivity contribution is 0.122. The molecule has 0 amide bonds. The van der Waals surface area contributed by atoms with E-state index < -0.39 is 0 Å². The second kappa shape index (κ2) is 8.84. The minimum atomic E-state index is 0. The molecule has 20 heavy (non-hydrogen) atoms. The summed E-state index contributed by atoms with van der Waals surface area (Å²) in [6.45, 7) is 7.76. The zero-order valence-corrected chi connectivity index (χ0v) is 13.0. The highest BCUT2D eigenvalue weighted by molar-refractivity contribution is 5.85. The summed E-state index contributed by atoms with van der Waals surface area (Å²) >= 11 is 0. The fourth-order valence-corrected chi connectivity index (χ4v) is 2.15. The van der Waals surface area contributed by atoms with Crippen LogP contribution in [0.3, 0.4) is 0 Å².